The molecule has 1 rings (SSSR count). The van der Waals surface area contributed by atoms with Crippen molar-refractivity contribution in [2.24, 2.45) is 5.92 Å². The van der Waals surface area contributed by atoms with Crippen molar-refractivity contribution in [3.63, 3.8) is 0 Å². The summed E-state index contributed by atoms with van der Waals surface area (Å²) in [5.41, 5.74) is 3.71. The lowest BCUT2D eigenvalue weighted by atomic mass is 10.1. The van der Waals surface area contributed by atoms with E-state index in [0.717, 1.165) is 0 Å². The van der Waals surface area contributed by atoms with E-state index in [-0.39, 0.29) is 6.10 Å². The average Bonchev–Trinajstić information content (AvgIpc) is 2.15. The predicted octanol–water partition coefficient (Wildman–Crippen LogP) is 2.76. The molecule has 0 aliphatic carbocycles. The molecule has 16 heavy (non-hydrogen) atoms. The first-order valence-corrected chi connectivity index (χ1v) is 5.87. The minimum Gasteiger partial charge on any atom is -0.391 e. The molecule has 90 valence electrons. The number of rotatable bonds is 4. The summed E-state index contributed by atoms with van der Waals surface area (Å²) in [5, 5.41) is 9.86. The summed E-state index contributed by atoms with van der Waals surface area (Å²) in [6.45, 7) is 8.97. The highest BCUT2D eigenvalue weighted by Gasteiger charge is 2.12. The third-order valence-electron chi connectivity index (χ3n) is 2.88. The Balaban J connectivity index is 2.76. The second kappa shape index (κ2) is 5.35. The molecule has 0 bridgehead atoms. The minimum atomic E-state index is -0.272. The molecule has 1 unspecified atom stereocenters. The summed E-state index contributed by atoms with van der Waals surface area (Å²) in [5.74, 6) is 0.299. The average molecular weight is 221 g/mol. The van der Waals surface area contributed by atoms with Crippen molar-refractivity contribution in [2.45, 2.75) is 33.8 Å². The van der Waals surface area contributed by atoms with Gasteiger partial charge in [0.15, 0.2) is 0 Å². The Hall–Kier alpha value is -1.02. The topological polar surface area (TPSA) is 23.5 Å². The molecule has 0 aromatic heterocycles. The number of hydrogen-bond donors (Lipinski definition) is 1. The van der Waals surface area contributed by atoms with Crippen molar-refractivity contribution >= 4 is 5.69 Å². The molecule has 1 aromatic rings. The normalized spacial score (nSPS) is 12.9. The van der Waals surface area contributed by atoms with Gasteiger partial charge in [-0.3, -0.25) is 0 Å². The molecular formula is C14H23NO. The van der Waals surface area contributed by atoms with Gasteiger partial charge >= 0.3 is 0 Å². The molecule has 0 aliphatic rings. The zero-order chi connectivity index (χ0) is 12.3. The van der Waals surface area contributed by atoms with Crippen LogP contribution in [0.4, 0.5) is 5.69 Å². The van der Waals surface area contributed by atoms with E-state index in [0.29, 0.717) is 12.5 Å². The zero-order valence-electron chi connectivity index (χ0n) is 11.0. The van der Waals surface area contributed by atoms with Crippen LogP contribution in [-0.4, -0.2) is 24.8 Å². The van der Waals surface area contributed by atoms with Crippen molar-refractivity contribution in [2.75, 3.05) is 18.5 Å². The Morgan fingerprint density at radius 1 is 1.12 bits per heavy atom. The number of hydrogen-bond acceptors (Lipinski definition) is 2. The predicted molar refractivity (Wildman–Crippen MR) is 70.0 cm³/mol. The van der Waals surface area contributed by atoms with E-state index in [2.05, 4.69) is 36.9 Å². The first-order chi connectivity index (χ1) is 7.40. The van der Waals surface area contributed by atoms with E-state index in [4.69, 9.17) is 0 Å². The molecule has 2 nitrogen and oxygen atoms in total. The van der Waals surface area contributed by atoms with Crippen LogP contribution in [0.3, 0.4) is 0 Å². The second-order valence-electron chi connectivity index (χ2n) is 5.04. The monoisotopic (exact) mass is 221 g/mol. The van der Waals surface area contributed by atoms with E-state index in [1.54, 1.807) is 0 Å². The number of aliphatic hydroxyl groups excluding tert-OH is 1. The maximum Gasteiger partial charge on any atom is 0.0737 e. The van der Waals surface area contributed by atoms with Crippen LogP contribution in [0.1, 0.15) is 25.0 Å². The fourth-order valence-corrected chi connectivity index (χ4v) is 1.77. The number of aliphatic hydroxyl groups is 1. The van der Waals surface area contributed by atoms with Gasteiger partial charge in [0.1, 0.15) is 0 Å². The molecule has 1 atom stereocenters. The van der Waals surface area contributed by atoms with Crippen LogP contribution in [0.5, 0.6) is 0 Å². The quantitative estimate of drug-likeness (QED) is 0.845. The Morgan fingerprint density at radius 2 is 1.62 bits per heavy atom. The molecule has 0 saturated heterocycles. The fraction of sp³-hybridized carbons (Fsp3) is 0.571. The number of aryl methyl sites for hydroxylation is 2. The molecule has 0 fully saturated rings. The minimum absolute atomic E-state index is 0.272. The Kier molecular flexibility index (Phi) is 4.36. The SMILES string of the molecule is Cc1cc(C)cc(N(C)CC(O)C(C)C)c1. The van der Waals surface area contributed by atoms with Crippen molar-refractivity contribution in [3.8, 4) is 0 Å². The van der Waals surface area contributed by atoms with Crippen LogP contribution in [0.2, 0.25) is 0 Å². The molecule has 0 radical (unpaired) electrons. The summed E-state index contributed by atoms with van der Waals surface area (Å²) in [7, 11) is 2.03. The highest BCUT2D eigenvalue weighted by molar-refractivity contribution is 5.50. The van der Waals surface area contributed by atoms with Crippen LogP contribution in [0.25, 0.3) is 0 Å². The first-order valence-electron chi connectivity index (χ1n) is 5.87. The van der Waals surface area contributed by atoms with Crippen molar-refractivity contribution in [1.29, 1.82) is 0 Å². The van der Waals surface area contributed by atoms with Gasteiger partial charge in [-0.05, 0) is 43.0 Å². The van der Waals surface area contributed by atoms with Crippen LogP contribution in [-0.2, 0) is 0 Å². The highest BCUT2D eigenvalue weighted by atomic mass is 16.3. The number of benzene rings is 1. The molecule has 0 saturated carbocycles. The Morgan fingerprint density at radius 3 is 2.06 bits per heavy atom. The van der Waals surface area contributed by atoms with Gasteiger partial charge in [0.2, 0.25) is 0 Å². The fourth-order valence-electron chi connectivity index (χ4n) is 1.77. The van der Waals surface area contributed by atoms with Gasteiger partial charge in [0, 0.05) is 19.3 Å². The highest BCUT2D eigenvalue weighted by Crippen LogP contribution is 2.18. The van der Waals surface area contributed by atoms with E-state index < -0.39 is 0 Å². The van der Waals surface area contributed by atoms with Gasteiger partial charge in [-0.25, -0.2) is 0 Å². The number of anilines is 1. The summed E-state index contributed by atoms with van der Waals surface area (Å²) in [6, 6.07) is 6.47. The molecule has 1 aromatic carbocycles. The Bertz CT molecular complexity index is 326. The van der Waals surface area contributed by atoms with Crippen molar-refractivity contribution < 1.29 is 5.11 Å². The largest absolute Gasteiger partial charge is 0.391 e. The smallest absolute Gasteiger partial charge is 0.0737 e. The van der Waals surface area contributed by atoms with Crippen LogP contribution in [0, 0.1) is 19.8 Å². The molecule has 2 heteroatoms. The number of likely N-dealkylation sites (N-methyl/N-ethyl adjacent to an activating group) is 1. The molecule has 0 aliphatic heterocycles. The van der Waals surface area contributed by atoms with Gasteiger partial charge < -0.3 is 10.0 Å². The lowest BCUT2D eigenvalue weighted by Crippen LogP contribution is -2.32. The van der Waals surface area contributed by atoms with Crippen molar-refractivity contribution in [3.05, 3.63) is 29.3 Å². The van der Waals surface area contributed by atoms with E-state index in [1.165, 1.54) is 16.8 Å². The first kappa shape index (κ1) is 13.0. The molecular weight excluding hydrogens is 198 g/mol. The van der Waals surface area contributed by atoms with Crippen LogP contribution in [0.15, 0.2) is 18.2 Å². The summed E-state index contributed by atoms with van der Waals surface area (Å²) < 4.78 is 0. The third-order valence-corrected chi connectivity index (χ3v) is 2.88. The standard InChI is InChI=1S/C14H23NO/c1-10(2)14(16)9-15(5)13-7-11(3)6-12(4)8-13/h6-8,10,14,16H,9H2,1-5H3. The summed E-state index contributed by atoms with van der Waals surface area (Å²) in [4.78, 5) is 2.12. The lowest BCUT2D eigenvalue weighted by molar-refractivity contribution is 0.132. The summed E-state index contributed by atoms with van der Waals surface area (Å²) >= 11 is 0. The Labute approximate surface area is 98.9 Å². The van der Waals surface area contributed by atoms with E-state index in [9.17, 15) is 5.11 Å². The lowest BCUT2D eigenvalue weighted by Gasteiger charge is -2.25. The number of nitrogens with zero attached hydrogens (tertiary/aromatic N) is 1. The van der Waals surface area contributed by atoms with Crippen LogP contribution < -0.4 is 4.90 Å². The molecule has 0 heterocycles. The second-order valence-corrected chi connectivity index (χ2v) is 5.04. The van der Waals surface area contributed by atoms with E-state index >= 15 is 0 Å². The van der Waals surface area contributed by atoms with Gasteiger partial charge in [0.25, 0.3) is 0 Å². The van der Waals surface area contributed by atoms with Crippen LogP contribution >= 0.6 is 0 Å². The van der Waals surface area contributed by atoms with Gasteiger partial charge in [-0.1, -0.05) is 19.9 Å². The maximum absolute atomic E-state index is 9.86. The van der Waals surface area contributed by atoms with Gasteiger partial charge in [-0.2, -0.15) is 0 Å². The van der Waals surface area contributed by atoms with Gasteiger partial charge in [0.05, 0.1) is 6.10 Å². The summed E-state index contributed by atoms with van der Waals surface area (Å²) in [6.07, 6.45) is -0.272. The third kappa shape index (κ3) is 3.53. The van der Waals surface area contributed by atoms with Crippen molar-refractivity contribution in [1.82, 2.24) is 0 Å². The maximum atomic E-state index is 9.86. The molecule has 0 spiro atoms. The zero-order valence-corrected chi connectivity index (χ0v) is 11.0. The van der Waals surface area contributed by atoms with Gasteiger partial charge in [-0.15, -0.1) is 0 Å². The molecule has 1 N–H and O–H groups in total. The molecule has 0 amide bonds. The van der Waals surface area contributed by atoms with E-state index in [1.807, 2.05) is 20.9 Å².